The highest BCUT2D eigenvalue weighted by Crippen LogP contribution is 2.22. The zero-order chi connectivity index (χ0) is 11.5. The fourth-order valence-electron chi connectivity index (χ4n) is 1.52. The standard InChI is InChI=1S/C10H15ClN4O.2ClH/c1-7-6-16-15(4-3-12-7)10-9(11)5-13-8(2)14-10;;/h5,7,12H,3-4,6H2,1-2H3;2*1H/t7-;;/m1../s1. The Morgan fingerprint density at radius 2 is 2.22 bits per heavy atom. The van der Waals surface area contributed by atoms with Crippen molar-refractivity contribution in [2.75, 3.05) is 24.8 Å². The summed E-state index contributed by atoms with van der Waals surface area (Å²) >= 11 is 6.05. The monoisotopic (exact) mass is 314 g/mol. The Morgan fingerprint density at radius 3 is 2.94 bits per heavy atom. The van der Waals surface area contributed by atoms with Gasteiger partial charge in [0, 0.05) is 12.6 Å². The third-order valence-electron chi connectivity index (χ3n) is 2.37. The number of hydrogen-bond donors (Lipinski definition) is 1. The largest absolute Gasteiger partial charge is 0.310 e. The average Bonchev–Trinajstić information content (AvgIpc) is 2.47. The number of anilines is 1. The highest BCUT2D eigenvalue weighted by Gasteiger charge is 2.18. The number of nitrogens with one attached hydrogen (secondary N) is 1. The maximum absolute atomic E-state index is 6.05. The fraction of sp³-hybridized carbons (Fsp3) is 0.600. The molecule has 104 valence electrons. The molecule has 1 aromatic rings. The Hall–Kier alpha value is -0.330. The molecule has 1 saturated heterocycles. The Bertz CT molecular complexity index is 380. The highest BCUT2D eigenvalue weighted by atomic mass is 35.5. The Kier molecular flexibility index (Phi) is 7.82. The van der Waals surface area contributed by atoms with Crippen LogP contribution >= 0.6 is 36.4 Å². The van der Waals surface area contributed by atoms with Gasteiger partial charge in [0.2, 0.25) is 0 Å². The Balaban J connectivity index is 0.00000144. The smallest absolute Gasteiger partial charge is 0.174 e. The van der Waals surface area contributed by atoms with Crippen molar-refractivity contribution in [3.63, 3.8) is 0 Å². The van der Waals surface area contributed by atoms with Crippen molar-refractivity contribution in [3.8, 4) is 0 Å². The van der Waals surface area contributed by atoms with Crippen molar-refractivity contribution in [1.29, 1.82) is 0 Å². The third kappa shape index (κ3) is 4.40. The van der Waals surface area contributed by atoms with Crippen LogP contribution < -0.4 is 10.4 Å². The van der Waals surface area contributed by atoms with Gasteiger partial charge in [-0.05, 0) is 13.8 Å². The molecule has 1 fully saturated rings. The quantitative estimate of drug-likeness (QED) is 0.859. The van der Waals surface area contributed by atoms with Gasteiger partial charge in [-0.3, -0.25) is 4.84 Å². The molecule has 8 heteroatoms. The van der Waals surface area contributed by atoms with E-state index in [1.165, 1.54) is 0 Å². The molecule has 0 spiro atoms. The molecule has 0 unspecified atom stereocenters. The lowest BCUT2D eigenvalue weighted by molar-refractivity contribution is 0.109. The first-order chi connectivity index (χ1) is 7.66. The van der Waals surface area contributed by atoms with Crippen molar-refractivity contribution in [3.05, 3.63) is 17.0 Å². The summed E-state index contributed by atoms with van der Waals surface area (Å²) in [6.45, 7) is 6.09. The second-order valence-corrected chi connectivity index (χ2v) is 4.25. The highest BCUT2D eigenvalue weighted by molar-refractivity contribution is 6.32. The van der Waals surface area contributed by atoms with E-state index < -0.39 is 0 Å². The number of aryl methyl sites for hydroxylation is 1. The van der Waals surface area contributed by atoms with Crippen LogP contribution in [0.25, 0.3) is 0 Å². The van der Waals surface area contributed by atoms with Gasteiger partial charge in [0.25, 0.3) is 0 Å². The van der Waals surface area contributed by atoms with Gasteiger partial charge >= 0.3 is 0 Å². The molecule has 1 aliphatic rings. The molecule has 5 nitrogen and oxygen atoms in total. The predicted octanol–water partition coefficient (Wildman–Crippen LogP) is 2.01. The number of rotatable bonds is 1. The summed E-state index contributed by atoms with van der Waals surface area (Å²) in [6.07, 6.45) is 1.60. The summed E-state index contributed by atoms with van der Waals surface area (Å²) in [6, 6.07) is 0.340. The van der Waals surface area contributed by atoms with Crippen LogP contribution in [0.2, 0.25) is 5.02 Å². The second-order valence-electron chi connectivity index (χ2n) is 3.84. The molecule has 1 aliphatic heterocycles. The van der Waals surface area contributed by atoms with Gasteiger partial charge in [-0.25, -0.2) is 15.0 Å². The first-order valence-electron chi connectivity index (χ1n) is 5.30. The summed E-state index contributed by atoms with van der Waals surface area (Å²) < 4.78 is 0. The lowest BCUT2D eigenvalue weighted by atomic mass is 10.4. The molecule has 18 heavy (non-hydrogen) atoms. The first-order valence-corrected chi connectivity index (χ1v) is 5.67. The molecule has 2 rings (SSSR count). The number of aromatic nitrogens is 2. The molecule has 0 bridgehead atoms. The van der Waals surface area contributed by atoms with Crippen LogP contribution in [0.3, 0.4) is 0 Å². The molecule has 1 atom stereocenters. The van der Waals surface area contributed by atoms with E-state index in [0.717, 1.165) is 13.1 Å². The van der Waals surface area contributed by atoms with Crippen LogP contribution in [0, 0.1) is 6.92 Å². The van der Waals surface area contributed by atoms with Gasteiger partial charge in [-0.2, -0.15) is 0 Å². The minimum absolute atomic E-state index is 0. The van der Waals surface area contributed by atoms with E-state index in [1.807, 2.05) is 6.92 Å². The van der Waals surface area contributed by atoms with E-state index in [-0.39, 0.29) is 24.8 Å². The van der Waals surface area contributed by atoms with E-state index in [1.54, 1.807) is 11.3 Å². The normalized spacial score (nSPS) is 19.5. The summed E-state index contributed by atoms with van der Waals surface area (Å²) in [5.41, 5.74) is 0. The summed E-state index contributed by atoms with van der Waals surface area (Å²) in [4.78, 5) is 14.0. The van der Waals surface area contributed by atoms with Crippen molar-refractivity contribution in [1.82, 2.24) is 15.3 Å². The number of hydrogen-bond acceptors (Lipinski definition) is 5. The number of hydroxylamine groups is 1. The van der Waals surface area contributed by atoms with Crippen LogP contribution in [0.1, 0.15) is 12.7 Å². The zero-order valence-corrected chi connectivity index (χ0v) is 12.6. The van der Waals surface area contributed by atoms with Crippen molar-refractivity contribution in [2.24, 2.45) is 0 Å². The Labute approximate surface area is 124 Å². The van der Waals surface area contributed by atoms with E-state index in [4.69, 9.17) is 16.4 Å². The zero-order valence-electron chi connectivity index (χ0n) is 10.2. The van der Waals surface area contributed by atoms with Crippen LogP contribution in [-0.2, 0) is 4.84 Å². The lowest BCUT2D eigenvalue weighted by Crippen LogP contribution is -2.29. The summed E-state index contributed by atoms with van der Waals surface area (Å²) in [5, 5.41) is 5.57. The maximum Gasteiger partial charge on any atom is 0.174 e. The van der Waals surface area contributed by atoms with Gasteiger partial charge in [0.05, 0.1) is 19.3 Å². The van der Waals surface area contributed by atoms with Gasteiger partial charge in [-0.15, -0.1) is 24.8 Å². The fourth-order valence-corrected chi connectivity index (χ4v) is 1.71. The summed E-state index contributed by atoms with van der Waals surface area (Å²) in [7, 11) is 0. The summed E-state index contributed by atoms with van der Waals surface area (Å²) in [5.74, 6) is 1.33. The minimum Gasteiger partial charge on any atom is -0.310 e. The number of nitrogens with zero attached hydrogens (tertiary/aromatic N) is 3. The van der Waals surface area contributed by atoms with Crippen LogP contribution in [0.5, 0.6) is 0 Å². The lowest BCUT2D eigenvalue weighted by Gasteiger charge is -2.21. The van der Waals surface area contributed by atoms with Gasteiger partial charge in [0.1, 0.15) is 10.8 Å². The minimum atomic E-state index is 0. The second kappa shape index (κ2) is 7.96. The average molecular weight is 316 g/mol. The van der Waals surface area contributed by atoms with E-state index in [0.29, 0.717) is 29.3 Å². The van der Waals surface area contributed by atoms with Crippen molar-refractivity contribution in [2.45, 2.75) is 19.9 Å². The maximum atomic E-state index is 6.05. The number of halogens is 3. The van der Waals surface area contributed by atoms with Crippen LogP contribution in [-0.4, -0.2) is 35.7 Å². The van der Waals surface area contributed by atoms with Crippen LogP contribution in [0.15, 0.2) is 6.20 Å². The Morgan fingerprint density at radius 1 is 1.50 bits per heavy atom. The van der Waals surface area contributed by atoms with E-state index >= 15 is 0 Å². The van der Waals surface area contributed by atoms with Gasteiger partial charge < -0.3 is 5.32 Å². The van der Waals surface area contributed by atoms with Crippen LogP contribution in [0.4, 0.5) is 5.82 Å². The van der Waals surface area contributed by atoms with Crippen molar-refractivity contribution < 1.29 is 4.84 Å². The molecule has 1 N–H and O–H groups in total. The molecule has 0 aromatic carbocycles. The van der Waals surface area contributed by atoms with E-state index in [2.05, 4.69) is 22.2 Å². The van der Waals surface area contributed by atoms with Gasteiger partial charge in [-0.1, -0.05) is 11.6 Å². The SMILES string of the molecule is Cc1ncc(Cl)c(N2CCN[C@H](C)CO2)n1.Cl.Cl. The molecule has 0 aliphatic carbocycles. The molecule has 1 aromatic heterocycles. The third-order valence-corrected chi connectivity index (χ3v) is 2.64. The molecule has 0 saturated carbocycles. The topological polar surface area (TPSA) is 50.3 Å². The van der Waals surface area contributed by atoms with Crippen molar-refractivity contribution >= 4 is 42.2 Å². The molecule has 0 amide bonds. The molecule has 0 radical (unpaired) electrons. The molecular formula is C10H17Cl3N4O. The first kappa shape index (κ1) is 17.7. The van der Waals surface area contributed by atoms with Gasteiger partial charge in [0.15, 0.2) is 5.82 Å². The predicted molar refractivity (Wildman–Crippen MR) is 77.0 cm³/mol. The molecule has 2 heterocycles. The van der Waals surface area contributed by atoms with E-state index in [9.17, 15) is 0 Å². The molecular weight excluding hydrogens is 298 g/mol.